The normalized spacial score (nSPS) is 15.9. The molecule has 0 unspecified atom stereocenters. The molecular weight excluding hydrogens is 330 g/mol. The van der Waals surface area contributed by atoms with Crippen molar-refractivity contribution in [1.82, 2.24) is 25.5 Å². The molecule has 0 radical (unpaired) electrons. The van der Waals surface area contributed by atoms with Crippen LogP contribution in [0.4, 0.5) is 0 Å². The number of benzene rings is 2. The lowest BCUT2D eigenvalue weighted by Gasteiger charge is -2.26. The van der Waals surface area contributed by atoms with Gasteiger partial charge in [0.2, 0.25) is 0 Å². The van der Waals surface area contributed by atoms with Gasteiger partial charge in [-0.15, -0.1) is 5.10 Å². The van der Waals surface area contributed by atoms with E-state index in [4.69, 9.17) is 4.74 Å². The van der Waals surface area contributed by atoms with Gasteiger partial charge < -0.3 is 10.1 Å². The number of tetrazole rings is 1. The number of aromatic nitrogens is 4. The van der Waals surface area contributed by atoms with E-state index in [1.807, 2.05) is 24.3 Å². The van der Waals surface area contributed by atoms with Gasteiger partial charge in [0.05, 0.1) is 11.7 Å². The zero-order valence-electron chi connectivity index (χ0n) is 14.2. The first-order valence-corrected chi connectivity index (χ1v) is 8.63. The summed E-state index contributed by atoms with van der Waals surface area (Å²) in [5, 5.41) is 14.2. The van der Waals surface area contributed by atoms with Gasteiger partial charge in [-0.2, -0.15) is 0 Å². The Morgan fingerprint density at radius 3 is 3.04 bits per heavy atom. The molecule has 1 amide bonds. The number of hydrogen-bond donors (Lipinski definition) is 1. The van der Waals surface area contributed by atoms with Crippen LogP contribution in [0, 0.1) is 0 Å². The van der Waals surface area contributed by atoms with Crippen LogP contribution >= 0.6 is 0 Å². The molecule has 0 fully saturated rings. The Kier molecular flexibility index (Phi) is 4.59. The van der Waals surface area contributed by atoms with Crippen LogP contribution in [0.2, 0.25) is 0 Å². The van der Waals surface area contributed by atoms with E-state index in [9.17, 15) is 4.79 Å². The summed E-state index contributed by atoms with van der Waals surface area (Å²) in [6, 6.07) is 15.6. The lowest BCUT2D eigenvalue weighted by atomic mass is 9.88. The molecule has 1 atom stereocenters. The molecule has 1 aliphatic rings. The standard InChI is InChI=1S/C19H19N5O2/c25-19(21-18-10-3-6-14-5-1-2-9-17(14)18)12-26-16-8-4-7-15(11-16)24-13-20-22-23-24/h1-2,4-5,7-9,11,13,18H,3,6,10,12H2,(H,21,25)/t18-/m0/s1. The Labute approximate surface area is 151 Å². The van der Waals surface area contributed by atoms with Crippen LogP contribution < -0.4 is 10.1 Å². The minimum atomic E-state index is -0.125. The molecule has 0 bridgehead atoms. The summed E-state index contributed by atoms with van der Waals surface area (Å²) >= 11 is 0. The molecule has 132 valence electrons. The van der Waals surface area contributed by atoms with Crippen LogP contribution in [0.15, 0.2) is 54.9 Å². The van der Waals surface area contributed by atoms with E-state index in [1.165, 1.54) is 22.1 Å². The molecule has 1 aromatic heterocycles. The third kappa shape index (κ3) is 3.56. The molecule has 1 N–H and O–H groups in total. The molecule has 0 spiro atoms. The molecular formula is C19H19N5O2. The number of amides is 1. The van der Waals surface area contributed by atoms with Crippen molar-refractivity contribution >= 4 is 5.91 Å². The highest BCUT2D eigenvalue weighted by atomic mass is 16.5. The first-order chi connectivity index (χ1) is 12.8. The highest BCUT2D eigenvalue weighted by Gasteiger charge is 2.21. The van der Waals surface area contributed by atoms with E-state index in [0.717, 1.165) is 24.9 Å². The fraction of sp³-hybridized carbons (Fsp3) is 0.263. The molecule has 7 heteroatoms. The van der Waals surface area contributed by atoms with Crippen LogP contribution in [0.5, 0.6) is 5.75 Å². The molecule has 7 nitrogen and oxygen atoms in total. The number of ether oxygens (including phenoxy) is 1. The van der Waals surface area contributed by atoms with Crippen molar-refractivity contribution < 1.29 is 9.53 Å². The minimum Gasteiger partial charge on any atom is -0.484 e. The average molecular weight is 349 g/mol. The monoisotopic (exact) mass is 349 g/mol. The quantitative estimate of drug-likeness (QED) is 0.764. The second kappa shape index (κ2) is 7.35. The van der Waals surface area contributed by atoms with Gasteiger partial charge in [0.25, 0.3) is 5.91 Å². The lowest BCUT2D eigenvalue weighted by Crippen LogP contribution is -2.34. The minimum absolute atomic E-state index is 0.0300. The topological polar surface area (TPSA) is 81.9 Å². The molecule has 0 saturated carbocycles. The van der Waals surface area contributed by atoms with Crippen molar-refractivity contribution in [3.8, 4) is 11.4 Å². The Morgan fingerprint density at radius 1 is 1.23 bits per heavy atom. The van der Waals surface area contributed by atoms with Gasteiger partial charge in [0.15, 0.2) is 6.61 Å². The summed E-state index contributed by atoms with van der Waals surface area (Å²) in [5.41, 5.74) is 3.31. The first kappa shape index (κ1) is 16.3. The highest BCUT2D eigenvalue weighted by molar-refractivity contribution is 5.78. The second-order valence-electron chi connectivity index (χ2n) is 6.25. The van der Waals surface area contributed by atoms with Crippen molar-refractivity contribution in [3.05, 3.63) is 66.0 Å². The number of nitrogens with zero attached hydrogens (tertiary/aromatic N) is 4. The van der Waals surface area contributed by atoms with E-state index in [1.54, 1.807) is 12.1 Å². The van der Waals surface area contributed by atoms with E-state index in [0.29, 0.717) is 5.75 Å². The van der Waals surface area contributed by atoms with Crippen molar-refractivity contribution in [1.29, 1.82) is 0 Å². The number of rotatable bonds is 5. The molecule has 3 aromatic rings. The molecule has 0 saturated heterocycles. The second-order valence-corrected chi connectivity index (χ2v) is 6.25. The van der Waals surface area contributed by atoms with E-state index >= 15 is 0 Å². The van der Waals surface area contributed by atoms with Crippen molar-refractivity contribution in [2.45, 2.75) is 25.3 Å². The fourth-order valence-corrected chi connectivity index (χ4v) is 3.28. The number of carbonyl (C=O) groups excluding carboxylic acids is 1. The van der Waals surface area contributed by atoms with Gasteiger partial charge in [0, 0.05) is 6.07 Å². The Bertz CT molecular complexity index is 894. The SMILES string of the molecule is O=C(COc1cccc(-n2cnnn2)c1)N[C@H]1CCCc2ccccc21. The van der Waals surface area contributed by atoms with Crippen LogP contribution in [0.3, 0.4) is 0 Å². The average Bonchev–Trinajstić information content (AvgIpc) is 3.22. The zero-order chi connectivity index (χ0) is 17.8. The van der Waals surface area contributed by atoms with E-state index in [-0.39, 0.29) is 18.6 Å². The lowest BCUT2D eigenvalue weighted by molar-refractivity contribution is -0.123. The zero-order valence-corrected chi connectivity index (χ0v) is 14.2. The summed E-state index contributed by atoms with van der Waals surface area (Å²) in [7, 11) is 0. The fourth-order valence-electron chi connectivity index (χ4n) is 3.28. The Balaban J connectivity index is 1.37. The highest BCUT2D eigenvalue weighted by Crippen LogP contribution is 2.29. The van der Waals surface area contributed by atoms with Crippen molar-refractivity contribution in [2.24, 2.45) is 0 Å². The predicted molar refractivity (Wildman–Crippen MR) is 94.9 cm³/mol. The maximum atomic E-state index is 12.3. The summed E-state index contributed by atoms with van der Waals surface area (Å²) in [5.74, 6) is 0.469. The molecule has 0 aliphatic heterocycles. The molecule has 1 aliphatic carbocycles. The Hall–Kier alpha value is -3.22. The van der Waals surface area contributed by atoms with Crippen LogP contribution in [-0.4, -0.2) is 32.7 Å². The third-order valence-electron chi connectivity index (χ3n) is 4.51. The maximum Gasteiger partial charge on any atom is 0.258 e. The number of carbonyl (C=O) groups is 1. The van der Waals surface area contributed by atoms with E-state index in [2.05, 4.69) is 33.0 Å². The van der Waals surface area contributed by atoms with Gasteiger partial charge in [-0.3, -0.25) is 4.79 Å². The van der Waals surface area contributed by atoms with Gasteiger partial charge in [0.1, 0.15) is 12.1 Å². The van der Waals surface area contributed by atoms with Crippen LogP contribution in [0.1, 0.15) is 30.0 Å². The summed E-state index contributed by atoms with van der Waals surface area (Å²) < 4.78 is 7.18. The molecule has 1 heterocycles. The van der Waals surface area contributed by atoms with Crippen LogP contribution in [-0.2, 0) is 11.2 Å². The predicted octanol–water partition coefficient (Wildman–Crippen LogP) is 2.23. The van der Waals surface area contributed by atoms with Gasteiger partial charge in [-0.1, -0.05) is 30.3 Å². The van der Waals surface area contributed by atoms with Gasteiger partial charge in [-0.25, -0.2) is 4.68 Å². The summed E-state index contributed by atoms with van der Waals surface area (Å²) in [6.07, 6.45) is 4.61. The number of hydrogen-bond acceptors (Lipinski definition) is 5. The Morgan fingerprint density at radius 2 is 2.15 bits per heavy atom. The van der Waals surface area contributed by atoms with Crippen molar-refractivity contribution in [2.75, 3.05) is 6.61 Å². The largest absolute Gasteiger partial charge is 0.484 e. The first-order valence-electron chi connectivity index (χ1n) is 8.63. The summed E-state index contributed by atoms with van der Waals surface area (Å²) in [6.45, 7) is -0.0300. The molecule has 2 aromatic carbocycles. The number of nitrogens with one attached hydrogen (secondary N) is 1. The maximum absolute atomic E-state index is 12.3. The van der Waals surface area contributed by atoms with Crippen molar-refractivity contribution in [3.63, 3.8) is 0 Å². The van der Waals surface area contributed by atoms with Crippen LogP contribution in [0.25, 0.3) is 5.69 Å². The smallest absolute Gasteiger partial charge is 0.258 e. The summed E-state index contributed by atoms with van der Waals surface area (Å²) in [4.78, 5) is 12.3. The number of aryl methyl sites for hydroxylation is 1. The third-order valence-corrected chi connectivity index (χ3v) is 4.51. The van der Waals surface area contributed by atoms with Gasteiger partial charge >= 0.3 is 0 Å². The van der Waals surface area contributed by atoms with Gasteiger partial charge in [-0.05, 0) is 52.9 Å². The molecule has 26 heavy (non-hydrogen) atoms. The number of fused-ring (bicyclic) bond motifs is 1. The molecule has 4 rings (SSSR count). The van der Waals surface area contributed by atoms with E-state index < -0.39 is 0 Å².